The Hall–Kier alpha value is -0.120. The summed E-state index contributed by atoms with van der Waals surface area (Å²) in [6.07, 6.45) is 1.18. The van der Waals surface area contributed by atoms with E-state index in [4.69, 9.17) is 4.74 Å². The Bertz CT molecular complexity index is 140. The molecule has 15 heavy (non-hydrogen) atoms. The summed E-state index contributed by atoms with van der Waals surface area (Å²) >= 11 is 0. The molecule has 0 amide bonds. The molecule has 0 heterocycles. The Balaban J connectivity index is 3.72. The Morgan fingerprint density at radius 3 is 2.40 bits per heavy atom. The van der Waals surface area contributed by atoms with Crippen LogP contribution in [0.2, 0.25) is 0 Å². The summed E-state index contributed by atoms with van der Waals surface area (Å²) in [6, 6.07) is 1.19. The van der Waals surface area contributed by atoms with Gasteiger partial charge in [-0.05, 0) is 20.4 Å². The first kappa shape index (κ1) is 14.9. The van der Waals surface area contributed by atoms with Crippen molar-refractivity contribution in [3.05, 3.63) is 0 Å². The lowest BCUT2D eigenvalue weighted by molar-refractivity contribution is 0.105. The first-order valence-corrected chi connectivity index (χ1v) is 6.13. The highest BCUT2D eigenvalue weighted by molar-refractivity contribution is 4.71. The van der Waals surface area contributed by atoms with Crippen LogP contribution in [-0.4, -0.2) is 50.3 Å². The minimum Gasteiger partial charge on any atom is -0.380 e. The molecule has 0 fully saturated rings. The number of rotatable bonds is 9. The van der Waals surface area contributed by atoms with Gasteiger partial charge in [0.15, 0.2) is 0 Å². The van der Waals surface area contributed by atoms with E-state index in [0.29, 0.717) is 12.1 Å². The van der Waals surface area contributed by atoms with Crippen LogP contribution in [0.25, 0.3) is 0 Å². The second-order valence-corrected chi connectivity index (χ2v) is 4.30. The molecule has 1 N–H and O–H groups in total. The molecule has 0 aromatic carbocycles. The van der Waals surface area contributed by atoms with E-state index >= 15 is 0 Å². The van der Waals surface area contributed by atoms with Crippen LogP contribution in [0.1, 0.15) is 34.1 Å². The van der Waals surface area contributed by atoms with E-state index in [1.165, 1.54) is 6.42 Å². The number of likely N-dealkylation sites (N-methyl/N-ethyl adjacent to an activating group) is 1. The van der Waals surface area contributed by atoms with Crippen molar-refractivity contribution in [3.63, 3.8) is 0 Å². The Kier molecular flexibility index (Phi) is 9.06. The molecule has 0 aromatic rings. The third-order valence-electron chi connectivity index (χ3n) is 2.65. The number of hydrogen-bond donors (Lipinski definition) is 1. The van der Waals surface area contributed by atoms with Gasteiger partial charge in [-0.15, -0.1) is 0 Å². The molecule has 0 rings (SSSR count). The van der Waals surface area contributed by atoms with Crippen LogP contribution in [0.3, 0.4) is 0 Å². The van der Waals surface area contributed by atoms with Crippen molar-refractivity contribution in [1.82, 2.24) is 10.2 Å². The lowest BCUT2D eigenvalue weighted by Gasteiger charge is -2.28. The molecule has 1 unspecified atom stereocenters. The molecule has 0 aliphatic heterocycles. The van der Waals surface area contributed by atoms with Crippen LogP contribution in [-0.2, 0) is 4.74 Å². The Labute approximate surface area is 95.2 Å². The molecule has 0 aliphatic rings. The average molecular weight is 216 g/mol. The van der Waals surface area contributed by atoms with Crippen LogP contribution in [0.15, 0.2) is 0 Å². The predicted octanol–water partition coefficient (Wildman–Crippen LogP) is 1.73. The normalized spacial score (nSPS) is 13.8. The number of hydrogen-bond acceptors (Lipinski definition) is 3. The van der Waals surface area contributed by atoms with Gasteiger partial charge in [0, 0.05) is 31.8 Å². The molecule has 92 valence electrons. The molecular formula is C12H28N2O. The second-order valence-electron chi connectivity index (χ2n) is 4.30. The van der Waals surface area contributed by atoms with Gasteiger partial charge in [-0.2, -0.15) is 0 Å². The van der Waals surface area contributed by atoms with Gasteiger partial charge in [-0.3, -0.25) is 4.90 Å². The van der Waals surface area contributed by atoms with E-state index in [2.05, 4.69) is 38.0 Å². The first-order valence-electron chi connectivity index (χ1n) is 6.13. The van der Waals surface area contributed by atoms with Gasteiger partial charge in [0.2, 0.25) is 0 Å². The third kappa shape index (κ3) is 7.77. The lowest BCUT2D eigenvalue weighted by Crippen LogP contribution is -2.42. The van der Waals surface area contributed by atoms with Crippen molar-refractivity contribution in [3.8, 4) is 0 Å². The average Bonchev–Trinajstić information content (AvgIpc) is 2.18. The predicted molar refractivity (Wildman–Crippen MR) is 66.3 cm³/mol. The quantitative estimate of drug-likeness (QED) is 0.594. The zero-order valence-electron chi connectivity index (χ0n) is 11.0. The van der Waals surface area contributed by atoms with Crippen LogP contribution >= 0.6 is 0 Å². The van der Waals surface area contributed by atoms with Crippen molar-refractivity contribution < 1.29 is 4.74 Å². The minimum atomic E-state index is 0.569. The summed E-state index contributed by atoms with van der Waals surface area (Å²) in [5.41, 5.74) is 0. The molecule has 0 spiro atoms. The maximum Gasteiger partial charge on any atom is 0.0593 e. The van der Waals surface area contributed by atoms with Crippen LogP contribution in [0, 0.1) is 0 Å². The van der Waals surface area contributed by atoms with E-state index in [1.807, 2.05) is 6.92 Å². The van der Waals surface area contributed by atoms with E-state index in [-0.39, 0.29) is 0 Å². The Morgan fingerprint density at radius 1 is 1.27 bits per heavy atom. The molecule has 0 aliphatic carbocycles. The number of nitrogens with zero attached hydrogens (tertiary/aromatic N) is 1. The Morgan fingerprint density at radius 2 is 1.93 bits per heavy atom. The molecule has 1 atom stereocenters. The van der Waals surface area contributed by atoms with E-state index < -0.39 is 0 Å². The van der Waals surface area contributed by atoms with Gasteiger partial charge in [-0.1, -0.05) is 20.8 Å². The molecule has 0 bridgehead atoms. The van der Waals surface area contributed by atoms with E-state index in [9.17, 15) is 0 Å². The molecule has 0 saturated carbocycles. The van der Waals surface area contributed by atoms with Crippen molar-refractivity contribution in [1.29, 1.82) is 0 Å². The SMILES string of the molecule is CCOCCN(C)C(CC)CNC(C)C. The first-order chi connectivity index (χ1) is 7.11. The summed E-state index contributed by atoms with van der Waals surface area (Å²) in [4.78, 5) is 2.38. The van der Waals surface area contributed by atoms with Gasteiger partial charge in [-0.25, -0.2) is 0 Å². The van der Waals surface area contributed by atoms with Crippen LogP contribution in [0.4, 0.5) is 0 Å². The monoisotopic (exact) mass is 216 g/mol. The fourth-order valence-corrected chi connectivity index (χ4v) is 1.52. The summed E-state index contributed by atoms with van der Waals surface area (Å²) in [5, 5.41) is 3.49. The largest absolute Gasteiger partial charge is 0.380 e. The molecular weight excluding hydrogens is 188 g/mol. The number of ether oxygens (including phenoxy) is 1. The molecule has 3 nitrogen and oxygen atoms in total. The van der Waals surface area contributed by atoms with Crippen molar-refractivity contribution in [2.45, 2.75) is 46.2 Å². The highest BCUT2D eigenvalue weighted by Gasteiger charge is 2.12. The second kappa shape index (κ2) is 9.13. The van der Waals surface area contributed by atoms with Gasteiger partial charge in [0.05, 0.1) is 6.61 Å². The summed E-state index contributed by atoms with van der Waals surface area (Å²) < 4.78 is 5.36. The molecule has 0 radical (unpaired) electrons. The van der Waals surface area contributed by atoms with Crippen LogP contribution in [0.5, 0.6) is 0 Å². The fourth-order valence-electron chi connectivity index (χ4n) is 1.52. The fraction of sp³-hybridized carbons (Fsp3) is 1.00. The summed E-state index contributed by atoms with van der Waals surface area (Å²) in [5.74, 6) is 0. The molecule has 0 saturated heterocycles. The summed E-state index contributed by atoms with van der Waals surface area (Å²) in [6.45, 7) is 12.4. The maximum absolute atomic E-state index is 5.36. The number of nitrogens with one attached hydrogen (secondary N) is 1. The third-order valence-corrected chi connectivity index (χ3v) is 2.65. The standard InChI is InChI=1S/C12H28N2O/c1-6-12(10-13-11(3)4)14(5)8-9-15-7-2/h11-13H,6-10H2,1-5H3. The highest BCUT2D eigenvalue weighted by Crippen LogP contribution is 2.00. The maximum atomic E-state index is 5.36. The molecule has 3 heteroatoms. The summed E-state index contributed by atoms with van der Waals surface area (Å²) in [7, 11) is 2.18. The van der Waals surface area contributed by atoms with Gasteiger partial charge in [0.1, 0.15) is 0 Å². The minimum absolute atomic E-state index is 0.569. The van der Waals surface area contributed by atoms with Gasteiger partial charge >= 0.3 is 0 Å². The van der Waals surface area contributed by atoms with Crippen molar-refractivity contribution in [2.24, 2.45) is 0 Å². The van der Waals surface area contributed by atoms with Crippen molar-refractivity contribution >= 4 is 0 Å². The topological polar surface area (TPSA) is 24.5 Å². The van der Waals surface area contributed by atoms with E-state index in [1.54, 1.807) is 0 Å². The van der Waals surface area contributed by atoms with Gasteiger partial charge < -0.3 is 10.1 Å². The van der Waals surface area contributed by atoms with E-state index in [0.717, 1.165) is 26.3 Å². The lowest BCUT2D eigenvalue weighted by atomic mass is 10.2. The zero-order valence-corrected chi connectivity index (χ0v) is 11.0. The smallest absolute Gasteiger partial charge is 0.0593 e. The zero-order chi connectivity index (χ0) is 11.7. The van der Waals surface area contributed by atoms with Crippen LogP contribution < -0.4 is 5.32 Å². The molecule has 0 aromatic heterocycles. The van der Waals surface area contributed by atoms with Crippen molar-refractivity contribution in [2.75, 3.05) is 33.4 Å². The highest BCUT2D eigenvalue weighted by atomic mass is 16.5. The van der Waals surface area contributed by atoms with Gasteiger partial charge in [0.25, 0.3) is 0 Å².